The first-order chi connectivity index (χ1) is 20.0. The van der Waals surface area contributed by atoms with E-state index in [1.165, 1.54) is 14.2 Å². The number of rotatable bonds is 27. The van der Waals surface area contributed by atoms with Crippen molar-refractivity contribution in [2.24, 2.45) is 5.41 Å². The van der Waals surface area contributed by atoms with Crippen LogP contribution in [0.3, 0.4) is 0 Å². The van der Waals surface area contributed by atoms with Crippen LogP contribution in [0, 0.1) is 5.41 Å². The Labute approximate surface area is 250 Å². The fourth-order valence-electron chi connectivity index (χ4n) is 5.47. The molecule has 0 aliphatic carbocycles. The van der Waals surface area contributed by atoms with Crippen molar-refractivity contribution in [1.29, 1.82) is 0 Å². The first-order valence-electron chi connectivity index (χ1n) is 14.6. The normalized spacial score (nSPS) is 16.9. The van der Waals surface area contributed by atoms with Crippen LogP contribution in [0.2, 0.25) is 0 Å². The molecule has 0 radical (unpaired) electrons. The minimum absolute atomic E-state index is 0.0366. The second-order valence-corrected chi connectivity index (χ2v) is 8.68. The molecule has 14 nitrogen and oxygen atoms in total. The molecule has 0 aromatic heterocycles. The van der Waals surface area contributed by atoms with Crippen molar-refractivity contribution in [2.75, 3.05) is 67.1 Å². The highest BCUT2D eigenvalue weighted by molar-refractivity contribution is 5.78. The summed E-state index contributed by atoms with van der Waals surface area (Å²) in [6, 6.07) is 0. The zero-order valence-corrected chi connectivity index (χ0v) is 27.1. The number of ether oxygens (including phenoxy) is 10. The molecule has 0 aliphatic rings. The zero-order valence-electron chi connectivity index (χ0n) is 27.1. The Morgan fingerprint density at radius 1 is 0.524 bits per heavy atom. The van der Waals surface area contributed by atoms with Crippen molar-refractivity contribution in [2.45, 2.75) is 98.2 Å². The summed E-state index contributed by atoms with van der Waals surface area (Å²) in [5.74, 6) is -12.7. The smallest absolute Gasteiger partial charge is 0.342 e. The van der Waals surface area contributed by atoms with Crippen molar-refractivity contribution in [3.8, 4) is 0 Å². The third kappa shape index (κ3) is 7.42. The molecule has 0 rings (SSSR count). The van der Waals surface area contributed by atoms with Crippen LogP contribution in [0.15, 0.2) is 0 Å². The molecule has 2 N–H and O–H groups in total. The van der Waals surface area contributed by atoms with Gasteiger partial charge in [-0.25, -0.2) is 0 Å². The number of hydrogen-bond acceptors (Lipinski definition) is 12. The SMILES string of the molecule is CCOC(OCC)(OCC)C(OC)(OCC)C(CCCC(=O)O)(C(=O)O)C(OC)(OCC)C(OCC)(OCC)OCC. The summed E-state index contributed by atoms with van der Waals surface area (Å²) < 4.78 is 61.5. The fraction of sp³-hybridized carbons (Fsp3) is 0.929. The van der Waals surface area contributed by atoms with Crippen molar-refractivity contribution >= 4 is 11.9 Å². The van der Waals surface area contributed by atoms with Gasteiger partial charge >= 0.3 is 23.9 Å². The van der Waals surface area contributed by atoms with Crippen LogP contribution in [-0.2, 0) is 57.0 Å². The van der Waals surface area contributed by atoms with Gasteiger partial charge in [-0.15, -0.1) is 0 Å². The fourth-order valence-corrected chi connectivity index (χ4v) is 5.47. The second-order valence-electron chi connectivity index (χ2n) is 8.68. The standard InChI is InChI=1S/C28H54O14/c1-11-35-25(33-9,27(37-13-3,38-14-4)39-15-5)24(23(31)32,21-19-20-22(29)30)26(34-10,36-12-2)28(40-16-6,41-17-7)42-18-8/h11-21H2,1-10H3,(H,29,30)(H,31,32). The predicted molar refractivity (Wildman–Crippen MR) is 150 cm³/mol. The average molecular weight is 615 g/mol. The van der Waals surface area contributed by atoms with Crippen LogP contribution in [0.1, 0.15) is 74.7 Å². The van der Waals surface area contributed by atoms with Crippen LogP contribution >= 0.6 is 0 Å². The topological polar surface area (TPSA) is 167 Å². The zero-order chi connectivity index (χ0) is 32.5. The Morgan fingerprint density at radius 2 is 0.810 bits per heavy atom. The molecule has 0 fully saturated rings. The summed E-state index contributed by atoms with van der Waals surface area (Å²) in [6.07, 6.45) is -1.16. The van der Waals surface area contributed by atoms with E-state index in [0.717, 1.165) is 0 Å². The summed E-state index contributed by atoms with van der Waals surface area (Å²) >= 11 is 0. The molecule has 0 heterocycles. The van der Waals surface area contributed by atoms with E-state index in [9.17, 15) is 19.8 Å². The lowest BCUT2D eigenvalue weighted by Gasteiger charge is -2.61. The van der Waals surface area contributed by atoms with Crippen LogP contribution in [0.4, 0.5) is 0 Å². The van der Waals surface area contributed by atoms with Gasteiger partial charge in [0.1, 0.15) is 0 Å². The number of carboxylic acid groups (broad SMARTS) is 2. The van der Waals surface area contributed by atoms with E-state index < -0.39 is 53.7 Å². The van der Waals surface area contributed by atoms with Gasteiger partial charge in [0.2, 0.25) is 0 Å². The average Bonchev–Trinajstić information content (AvgIpc) is 2.93. The first-order valence-corrected chi connectivity index (χ1v) is 14.6. The molecule has 250 valence electrons. The largest absolute Gasteiger partial charge is 0.481 e. The Bertz CT molecular complexity index is 700. The van der Waals surface area contributed by atoms with Crippen molar-refractivity contribution < 1.29 is 67.2 Å². The number of methoxy groups -OCH3 is 2. The van der Waals surface area contributed by atoms with Crippen molar-refractivity contribution in [3.05, 3.63) is 0 Å². The first kappa shape index (κ1) is 40.5. The van der Waals surface area contributed by atoms with Gasteiger partial charge < -0.3 is 57.6 Å². The maximum absolute atomic E-state index is 14.2. The summed E-state index contributed by atoms with van der Waals surface area (Å²) in [4.78, 5) is 25.9. The van der Waals surface area contributed by atoms with Crippen LogP contribution in [0.5, 0.6) is 0 Å². The molecule has 0 amide bonds. The number of aliphatic carboxylic acids is 2. The van der Waals surface area contributed by atoms with Gasteiger partial charge in [-0.3, -0.25) is 9.59 Å². The van der Waals surface area contributed by atoms with Crippen molar-refractivity contribution in [3.63, 3.8) is 0 Å². The molecule has 14 heteroatoms. The minimum atomic E-state index is -2.65. The predicted octanol–water partition coefficient (Wildman–Crippen LogP) is 3.60. The minimum Gasteiger partial charge on any atom is -0.481 e. The number of hydrogen-bond donors (Lipinski definition) is 2. The highest BCUT2D eigenvalue weighted by atomic mass is 16.9. The summed E-state index contributed by atoms with van der Waals surface area (Å²) in [6.45, 7) is 12.7. The molecule has 2 unspecified atom stereocenters. The Morgan fingerprint density at radius 3 is 1.00 bits per heavy atom. The summed E-state index contributed by atoms with van der Waals surface area (Å²) in [7, 11) is 2.40. The van der Waals surface area contributed by atoms with E-state index in [2.05, 4.69) is 0 Å². The van der Waals surface area contributed by atoms with Crippen LogP contribution in [-0.4, -0.2) is 113 Å². The second kappa shape index (κ2) is 19.0. The molecule has 0 bridgehead atoms. The highest BCUT2D eigenvalue weighted by Crippen LogP contribution is 2.61. The van der Waals surface area contributed by atoms with E-state index in [-0.39, 0.29) is 59.3 Å². The third-order valence-corrected chi connectivity index (χ3v) is 6.51. The van der Waals surface area contributed by atoms with Gasteiger partial charge in [-0.2, -0.15) is 0 Å². The molecule has 0 saturated heterocycles. The van der Waals surface area contributed by atoms with E-state index in [4.69, 9.17) is 47.4 Å². The summed E-state index contributed by atoms with van der Waals surface area (Å²) in [5, 5.41) is 21.1. The van der Waals surface area contributed by atoms with Crippen LogP contribution in [0.25, 0.3) is 0 Å². The van der Waals surface area contributed by atoms with E-state index in [1.54, 1.807) is 55.4 Å². The third-order valence-electron chi connectivity index (χ3n) is 6.51. The van der Waals surface area contributed by atoms with Crippen molar-refractivity contribution in [1.82, 2.24) is 0 Å². The van der Waals surface area contributed by atoms with E-state index >= 15 is 0 Å². The maximum atomic E-state index is 14.2. The van der Waals surface area contributed by atoms with Gasteiger partial charge in [0.25, 0.3) is 11.6 Å². The molecule has 0 aromatic rings. The van der Waals surface area contributed by atoms with Gasteiger partial charge in [-0.05, 0) is 68.2 Å². The lowest BCUT2D eigenvalue weighted by molar-refractivity contribution is -0.569. The monoisotopic (exact) mass is 614 g/mol. The van der Waals surface area contributed by atoms with Gasteiger partial charge in [0.05, 0.1) is 0 Å². The van der Waals surface area contributed by atoms with Gasteiger partial charge in [-0.1, -0.05) is 0 Å². The number of carbonyl (C=O) groups is 2. The summed E-state index contributed by atoms with van der Waals surface area (Å²) in [5.41, 5.74) is -2.65. The molecule has 0 aromatic carbocycles. The molecule has 0 spiro atoms. The Hall–Kier alpha value is -1.46. The van der Waals surface area contributed by atoms with E-state index in [0.29, 0.717) is 0 Å². The maximum Gasteiger partial charge on any atom is 0.342 e. The molecular formula is C28H54O14. The quantitative estimate of drug-likeness (QED) is 0.129. The van der Waals surface area contributed by atoms with E-state index in [1.807, 2.05) is 0 Å². The molecule has 0 aliphatic heterocycles. The molecule has 42 heavy (non-hydrogen) atoms. The van der Waals surface area contributed by atoms with Crippen LogP contribution < -0.4 is 0 Å². The van der Waals surface area contributed by atoms with Gasteiger partial charge in [0, 0.05) is 73.5 Å². The Balaban J connectivity index is 8.77. The molecule has 2 atom stereocenters. The molecule has 0 saturated carbocycles. The van der Waals surface area contributed by atoms with Gasteiger partial charge in [0.15, 0.2) is 5.41 Å². The highest BCUT2D eigenvalue weighted by Gasteiger charge is 2.85. The molecular weight excluding hydrogens is 560 g/mol. The lowest BCUT2D eigenvalue weighted by Crippen LogP contribution is -2.83. The number of carboxylic acids is 2. The lowest BCUT2D eigenvalue weighted by atomic mass is 9.65. The Kier molecular flexibility index (Phi) is 18.4.